The van der Waals surface area contributed by atoms with Gasteiger partial charge >= 0.3 is 5.97 Å². The zero-order valence-corrected chi connectivity index (χ0v) is 19.7. The number of Topliss-reactive ketones (excluding diaryl/α,β-unsaturated/α-hetero) is 1. The third kappa shape index (κ3) is 4.31. The van der Waals surface area contributed by atoms with E-state index in [1.807, 2.05) is 38.1 Å². The van der Waals surface area contributed by atoms with Gasteiger partial charge in [-0.3, -0.25) is 9.59 Å². The fraction of sp³-hybridized carbons (Fsp3) is 0.462. The molecular weight excluding hydrogens is 408 g/mol. The van der Waals surface area contributed by atoms with Gasteiger partial charge in [-0.15, -0.1) is 0 Å². The maximum Gasteiger partial charge on any atom is 0.312 e. The van der Waals surface area contributed by atoms with E-state index in [4.69, 9.17) is 14.2 Å². The van der Waals surface area contributed by atoms with Crippen molar-refractivity contribution in [1.82, 2.24) is 0 Å². The van der Waals surface area contributed by atoms with Crippen LogP contribution < -0.4 is 14.2 Å². The van der Waals surface area contributed by atoms with Crippen molar-refractivity contribution in [3.8, 4) is 28.4 Å². The zero-order valence-electron chi connectivity index (χ0n) is 19.7. The number of benzene rings is 2. The van der Waals surface area contributed by atoms with Gasteiger partial charge in [-0.25, -0.2) is 0 Å². The van der Waals surface area contributed by atoms with Crippen LogP contribution in [0.5, 0.6) is 17.2 Å². The van der Waals surface area contributed by atoms with Crippen LogP contribution in [0.25, 0.3) is 11.1 Å². The Morgan fingerprint density at radius 3 is 2.28 bits per heavy atom. The summed E-state index contributed by atoms with van der Waals surface area (Å²) in [5, 5.41) is 9.90. The van der Waals surface area contributed by atoms with Gasteiger partial charge in [0.25, 0.3) is 0 Å². The van der Waals surface area contributed by atoms with Crippen molar-refractivity contribution in [2.24, 2.45) is 11.3 Å². The van der Waals surface area contributed by atoms with E-state index in [2.05, 4.69) is 0 Å². The summed E-state index contributed by atoms with van der Waals surface area (Å²) >= 11 is 0. The van der Waals surface area contributed by atoms with E-state index in [1.54, 1.807) is 27.0 Å². The second kappa shape index (κ2) is 9.23. The molecule has 0 spiro atoms. The molecule has 0 amide bonds. The van der Waals surface area contributed by atoms with Gasteiger partial charge in [0.1, 0.15) is 6.10 Å². The Hall–Kier alpha value is -3.02. The first-order valence-corrected chi connectivity index (χ1v) is 10.9. The van der Waals surface area contributed by atoms with Crippen LogP contribution in [0, 0.1) is 11.3 Å². The number of hydrogen-bond donors (Lipinski definition) is 1. The molecule has 6 nitrogen and oxygen atoms in total. The second-order valence-corrected chi connectivity index (χ2v) is 9.20. The highest BCUT2D eigenvalue weighted by molar-refractivity contribution is 6.02. The van der Waals surface area contributed by atoms with Crippen LogP contribution in [-0.2, 0) is 11.2 Å². The lowest BCUT2D eigenvalue weighted by Crippen LogP contribution is -2.42. The van der Waals surface area contributed by atoms with Gasteiger partial charge in [-0.1, -0.05) is 32.0 Å². The molecule has 0 saturated heterocycles. The highest BCUT2D eigenvalue weighted by Gasteiger charge is 2.40. The predicted octanol–water partition coefficient (Wildman–Crippen LogP) is 5.40. The molecule has 1 aliphatic carbocycles. The molecule has 0 fully saturated rings. The first-order chi connectivity index (χ1) is 15.1. The number of carboxylic acids is 1. The molecule has 2 aromatic rings. The third-order valence-electron chi connectivity index (χ3n) is 6.17. The Morgan fingerprint density at radius 2 is 1.69 bits per heavy atom. The minimum Gasteiger partial charge on any atom is -0.493 e. The molecule has 0 aromatic heterocycles. The maximum absolute atomic E-state index is 12.3. The number of ketones is 1. The van der Waals surface area contributed by atoms with Crippen molar-refractivity contribution in [1.29, 1.82) is 0 Å². The summed E-state index contributed by atoms with van der Waals surface area (Å²) in [7, 11) is 3.08. The van der Waals surface area contributed by atoms with Gasteiger partial charge in [0.2, 0.25) is 5.75 Å². The number of fused-ring (bicyclic) bond motifs is 1. The fourth-order valence-electron chi connectivity index (χ4n) is 4.17. The third-order valence-corrected chi connectivity index (χ3v) is 6.17. The number of carbonyl (C=O) groups excluding carboxylic acids is 1. The summed E-state index contributed by atoms with van der Waals surface area (Å²) in [6.07, 6.45) is 1.08. The minimum atomic E-state index is -1.13. The Morgan fingerprint density at radius 1 is 1.00 bits per heavy atom. The molecule has 32 heavy (non-hydrogen) atoms. The van der Waals surface area contributed by atoms with E-state index in [1.165, 1.54) is 7.11 Å². The Labute approximate surface area is 189 Å². The standard InChI is InChI=1S/C26H32O6/c1-15(2)14-22(26(3,4)25(28)29)32-23-19(11-13-21(30-5)24(23)31-6)16-8-7-9-18-17(16)10-12-20(18)27/h7-9,11,13,15,22H,10,12,14H2,1-6H3,(H,28,29). The molecule has 1 unspecified atom stereocenters. The number of carbonyl (C=O) groups is 2. The molecule has 0 aliphatic heterocycles. The molecule has 1 atom stereocenters. The lowest BCUT2D eigenvalue weighted by Gasteiger charge is -2.33. The summed E-state index contributed by atoms with van der Waals surface area (Å²) in [6, 6.07) is 9.37. The van der Waals surface area contributed by atoms with Crippen LogP contribution in [0.3, 0.4) is 0 Å². The van der Waals surface area contributed by atoms with Crippen molar-refractivity contribution < 1.29 is 28.9 Å². The summed E-state index contributed by atoms with van der Waals surface area (Å²) in [5.41, 5.74) is 2.22. The quantitative estimate of drug-likeness (QED) is 0.562. The Balaban J connectivity index is 2.22. The highest BCUT2D eigenvalue weighted by atomic mass is 16.5. The van der Waals surface area contributed by atoms with Crippen molar-refractivity contribution in [2.75, 3.05) is 14.2 Å². The van der Waals surface area contributed by atoms with Gasteiger partial charge in [0.15, 0.2) is 17.3 Å². The first-order valence-electron chi connectivity index (χ1n) is 10.9. The number of methoxy groups -OCH3 is 2. The Kier molecular flexibility index (Phi) is 6.82. The van der Waals surface area contributed by atoms with E-state index in [0.717, 1.165) is 22.3 Å². The number of carboxylic acid groups (broad SMARTS) is 1. The number of rotatable bonds is 9. The number of ether oxygens (including phenoxy) is 3. The first kappa shape index (κ1) is 23.6. The fourth-order valence-corrected chi connectivity index (χ4v) is 4.17. The number of aliphatic carboxylic acids is 1. The van der Waals surface area contributed by atoms with Crippen molar-refractivity contribution in [3.05, 3.63) is 41.5 Å². The lowest BCUT2D eigenvalue weighted by atomic mass is 9.82. The van der Waals surface area contributed by atoms with Crippen LogP contribution in [0.1, 0.15) is 56.5 Å². The van der Waals surface area contributed by atoms with Gasteiger partial charge in [0, 0.05) is 17.5 Å². The summed E-state index contributed by atoms with van der Waals surface area (Å²) in [5.74, 6) is 0.748. The maximum atomic E-state index is 12.3. The average Bonchev–Trinajstić information content (AvgIpc) is 3.13. The van der Waals surface area contributed by atoms with Crippen molar-refractivity contribution >= 4 is 11.8 Å². The van der Waals surface area contributed by atoms with Crippen LogP contribution >= 0.6 is 0 Å². The van der Waals surface area contributed by atoms with Gasteiger partial charge in [-0.05, 0) is 55.9 Å². The largest absolute Gasteiger partial charge is 0.493 e. The molecule has 3 rings (SSSR count). The van der Waals surface area contributed by atoms with Gasteiger partial charge in [-0.2, -0.15) is 0 Å². The topological polar surface area (TPSA) is 82.1 Å². The highest BCUT2D eigenvalue weighted by Crippen LogP contribution is 2.48. The zero-order chi connectivity index (χ0) is 23.6. The SMILES string of the molecule is COc1ccc(-c2cccc3c2CCC3=O)c(OC(CC(C)C)C(C)(C)C(=O)O)c1OC. The van der Waals surface area contributed by atoms with E-state index in [0.29, 0.717) is 36.5 Å². The Bertz CT molecular complexity index is 1020. The van der Waals surface area contributed by atoms with Crippen LogP contribution in [0.2, 0.25) is 0 Å². The molecule has 1 aliphatic rings. The lowest BCUT2D eigenvalue weighted by molar-refractivity contribution is -0.152. The summed E-state index contributed by atoms with van der Waals surface area (Å²) in [4.78, 5) is 24.4. The number of hydrogen-bond acceptors (Lipinski definition) is 5. The van der Waals surface area contributed by atoms with Gasteiger partial charge in [0.05, 0.1) is 19.6 Å². The van der Waals surface area contributed by atoms with Gasteiger partial charge < -0.3 is 19.3 Å². The molecule has 0 saturated carbocycles. The van der Waals surface area contributed by atoms with E-state index >= 15 is 0 Å². The molecule has 0 radical (unpaired) electrons. The summed E-state index contributed by atoms with van der Waals surface area (Å²) in [6.45, 7) is 7.42. The van der Waals surface area contributed by atoms with E-state index in [9.17, 15) is 14.7 Å². The van der Waals surface area contributed by atoms with E-state index in [-0.39, 0.29) is 11.7 Å². The molecule has 0 heterocycles. The average molecular weight is 441 g/mol. The molecule has 0 bridgehead atoms. The minimum absolute atomic E-state index is 0.134. The normalized spacial score (nSPS) is 14.3. The molecule has 1 N–H and O–H groups in total. The van der Waals surface area contributed by atoms with Crippen LogP contribution in [-0.4, -0.2) is 37.2 Å². The van der Waals surface area contributed by atoms with Crippen molar-refractivity contribution in [3.63, 3.8) is 0 Å². The molecular formula is C26H32O6. The second-order valence-electron chi connectivity index (χ2n) is 9.20. The van der Waals surface area contributed by atoms with Crippen LogP contribution in [0.15, 0.2) is 30.3 Å². The monoisotopic (exact) mass is 440 g/mol. The van der Waals surface area contributed by atoms with Crippen molar-refractivity contribution in [2.45, 2.75) is 53.1 Å². The predicted molar refractivity (Wildman–Crippen MR) is 123 cm³/mol. The molecule has 6 heteroatoms. The van der Waals surface area contributed by atoms with Crippen LogP contribution in [0.4, 0.5) is 0 Å². The summed E-state index contributed by atoms with van der Waals surface area (Å²) < 4.78 is 17.7. The smallest absolute Gasteiger partial charge is 0.312 e. The molecule has 172 valence electrons. The molecule has 2 aromatic carbocycles. The van der Waals surface area contributed by atoms with E-state index < -0.39 is 17.5 Å².